The first kappa shape index (κ1) is 18.2. The van der Waals surface area contributed by atoms with Crippen molar-refractivity contribution in [2.75, 3.05) is 13.1 Å². The molecular weight excluding hydrogens is 315 g/mol. The summed E-state index contributed by atoms with van der Waals surface area (Å²) in [5, 5.41) is 3.40. The fourth-order valence-corrected chi connectivity index (χ4v) is 3.27. The number of nitrogens with one attached hydrogen (secondary N) is 1. The maximum Gasteiger partial charge on any atom is 0.226 e. The number of piperidine rings is 1. The zero-order chi connectivity index (χ0) is 15.5. The molecule has 1 heterocycles. The molecule has 2 atom stereocenters. The van der Waals surface area contributed by atoms with E-state index in [1.807, 2.05) is 4.90 Å². The van der Waals surface area contributed by atoms with Crippen LogP contribution in [0.1, 0.15) is 38.2 Å². The van der Waals surface area contributed by atoms with E-state index in [-0.39, 0.29) is 30.0 Å². The highest BCUT2D eigenvalue weighted by molar-refractivity contribution is 5.85. The molecule has 5 heteroatoms. The molecule has 128 valence electrons. The highest BCUT2D eigenvalue weighted by Crippen LogP contribution is 2.31. The van der Waals surface area contributed by atoms with Crippen LogP contribution >= 0.6 is 12.4 Å². The Balaban J connectivity index is 0.00000192. The molecule has 1 saturated carbocycles. The molecule has 1 N–H and O–H groups in total. The predicted octanol–water partition coefficient (Wildman–Crippen LogP) is 3.37. The number of benzene rings is 1. The van der Waals surface area contributed by atoms with Crippen LogP contribution in [-0.4, -0.2) is 29.9 Å². The number of halogens is 2. The minimum atomic E-state index is -0.226. The van der Waals surface area contributed by atoms with Crippen LogP contribution in [0.4, 0.5) is 4.39 Å². The van der Waals surface area contributed by atoms with E-state index in [0.29, 0.717) is 18.5 Å². The Labute approximate surface area is 144 Å². The van der Waals surface area contributed by atoms with Gasteiger partial charge in [-0.3, -0.25) is 4.79 Å². The third-order valence-corrected chi connectivity index (χ3v) is 4.75. The van der Waals surface area contributed by atoms with Crippen LogP contribution in [0.15, 0.2) is 24.3 Å². The van der Waals surface area contributed by atoms with Gasteiger partial charge in [0.15, 0.2) is 0 Å². The maximum atomic E-state index is 13.0. The topological polar surface area (TPSA) is 32.3 Å². The normalized spacial score (nSPS) is 23.9. The van der Waals surface area contributed by atoms with Crippen LogP contribution in [-0.2, 0) is 11.3 Å². The Kier molecular flexibility index (Phi) is 6.42. The zero-order valence-electron chi connectivity index (χ0n) is 13.6. The van der Waals surface area contributed by atoms with Crippen molar-refractivity contribution in [3.05, 3.63) is 35.6 Å². The van der Waals surface area contributed by atoms with Crippen molar-refractivity contribution in [2.24, 2.45) is 11.8 Å². The lowest BCUT2D eigenvalue weighted by atomic mass is 9.91. The first-order valence-electron chi connectivity index (χ1n) is 8.38. The summed E-state index contributed by atoms with van der Waals surface area (Å²) in [4.78, 5) is 14.9. The van der Waals surface area contributed by atoms with Gasteiger partial charge in [-0.15, -0.1) is 12.4 Å². The molecule has 0 aromatic heterocycles. The molecule has 2 aliphatic rings. The second kappa shape index (κ2) is 8.11. The van der Waals surface area contributed by atoms with Gasteiger partial charge in [-0.2, -0.15) is 0 Å². The third-order valence-electron chi connectivity index (χ3n) is 4.75. The van der Waals surface area contributed by atoms with Crippen molar-refractivity contribution in [2.45, 2.75) is 45.2 Å². The number of hydrogen-bond acceptors (Lipinski definition) is 2. The van der Waals surface area contributed by atoms with E-state index in [4.69, 9.17) is 0 Å². The molecule has 1 saturated heterocycles. The Morgan fingerprint density at radius 3 is 2.57 bits per heavy atom. The summed E-state index contributed by atoms with van der Waals surface area (Å²) < 4.78 is 13.0. The number of rotatable bonds is 5. The van der Waals surface area contributed by atoms with Gasteiger partial charge in [0.1, 0.15) is 5.82 Å². The van der Waals surface area contributed by atoms with Gasteiger partial charge in [-0.1, -0.05) is 12.1 Å². The molecule has 1 amide bonds. The van der Waals surface area contributed by atoms with Gasteiger partial charge in [0.2, 0.25) is 5.91 Å². The van der Waals surface area contributed by atoms with Gasteiger partial charge in [0.05, 0.1) is 0 Å². The van der Waals surface area contributed by atoms with E-state index in [2.05, 4.69) is 12.2 Å². The average molecular weight is 341 g/mol. The zero-order valence-corrected chi connectivity index (χ0v) is 14.4. The Morgan fingerprint density at radius 2 is 1.96 bits per heavy atom. The average Bonchev–Trinajstić information content (AvgIpc) is 3.32. The highest BCUT2D eigenvalue weighted by Gasteiger charge is 2.32. The van der Waals surface area contributed by atoms with Crippen LogP contribution in [0, 0.1) is 17.7 Å². The summed E-state index contributed by atoms with van der Waals surface area (Å²) in [6.45, 7) is 4.53. The van der Waals surface area contributed by atoms with E-state index < -0.39 is 0 Å². The van der Waals surface area contributed by atoms with Crippen molar-refractivity contribution < 1.29 is 9.18 Å². The number of amides is 1. The summed E-state index contributed by atoms with van der Waals surface area (Å²) >= 11 is 0. The molecule has 0 bridgehead atoms. The van der Waals surface area contributed by atoms with E-state index >= 15 is 0 Å². The molecule has 0 radical (unpaired) electrons. The van der Waals surface area contributed by atoms with Gasteiger partial charge in [-0.25, -0.2) is 4.39 Å². The molecule has 3 nitrogen and oxygen atoms in total. The first-order chi connectivity index (χ1) is 10.6. The molecule has 3 rings (SSSR count). The second-order valence-corrected chi connectivity index (χ2v) is 6.87. The quantitative estimate of drug-likeness (QED) is 0.891. The standard InChI is InChI=1S/C18H25FN2O.ClH/c1-13-10-16(8-9-20-13)18(22)21(11-14-2-3-14)12-15-4-6-17(19)7-5-15;/h4-7,13-14,16,20H,2-3,8-12H2,1H3;1H/t13-,16-;/m0./s1. The van der Waals surface area contributed by atoms with Gasteiger partial charge in [0, 0.05) is 25.0 Å². The Bertz CT molecular complexity index is 518. The number of carbonyl (C=O) groups is 1. The lowest BCUT2D eigenvalue weighted by molar-refractivity contribution is -0.137. The minimum absolute atomic E-state index is 0. The molecule has 1 aliphatic heterocycles. The predicted molar refractivity (Wildman–Crippen MR) is 92.0 cm³/mol. The van der Waals surface area contributed by atoms with Crippen molar-refractivity contribution >= 4 is 18.3 Å². The number of carbonyl (C=O) groups excluding carboxylic acids is 1. The lowest BCUT2D eigenvalue weighted by Crippen LogP contribution is -2.44. The minimum Gasteiger partial charge on any atom is -0.338 e. The van der Waals surface area contributed by atoms with Crippen molar-refractivity contribution in [1.82, 2.24) is 10.2 Å². The summed E-state index contributed by atoms with van der Waals surface area (Å²) in [7, 11) is 0. The third kappa shape index (κ3) is 5.18. The molecule has 0 unspecified atom stereocenters. The number of nitrogens with zero attached hydrogens (tertiary/aromatic N) is 1. The molecule has 2 fully saturated rings. The van der Waals surface area contributed by atoms with E-state index in [9.17, 15) is 9.18 Å². The summed E-state index contributed by atoms with van der Waals surface area (Å²) in [5.41, 5.74) is 1.01. The smallest absolute Gasteiger partial charge is 0.226 e. The van der Waals surface area contributed by atoms with Crippen LogP contribution in [0.25, 0.3) is 0 Å². The fourth-order valence-electron chi connectivity index (χ4n) is 3.27. The highest BCUT2D eigenvalue weighted by atomic mass is 35.5. The molecule has 23 heavy (non-hydrogen) atoms. The van der Waals surface area contributed by atoms with Crippen molar-refractivity contribution in [1.29, 1.82) is 0 Å². The van der Waals surface area contributed by atoms with E-state index in [0.717, 1.165) is 31.5 Å². The van der Waals surface area contributed by atoms with Crippen molar-refractivity contribution in [3.63, 3.8) is 0 Å². The monoisotopic (exact) mass is 340 g/mol. The summed E-state index contributed by atoms with van der Waals surface area (Å²) in [6, 6.07) is 6.93. The molecule has 1 aliphatic carbocycles. The number of hydrogen-bond donors (Lipinski definition) is 1. The van der Waals surface area contributed by atoms with Gasteiger partial charge >= 0.3 is 0 Å². The van der Waals surface area contributed by atoms with Crippen LogP contribution in [0.5, 0.6) is 0 Å². The SMILES string of the molecule is C[C@H]1C[C@@H](C(=O)N(Cc2ccc(F)cc2)CC2CC2)CCN1.Cl. The van der Waals surface area contributed by atoms with Crippen molar-refractivity contribution in [3.8, 4) is 0 Å². The van der Waals surface area contributed by atoms with Crippen LogP contribution < -0.4 is 5.32 Å². The maximum absolute atomic E-state index is 13.0. The van der Waals surface area contributed by atoms with Crippen LogP contribution in [0.2, 0.25) is 0 Å². The molecule has 1 aromatic rings. The first-order valence-corrected chi connectivity index (χ1v) is 8.38. The Morgan fingerprint density at radius 1 is 1.26 bits per heavy atom. The van der Waals surface area contributed by atoms with Gasteiger partial charge < -0.3 is 10.2 Å². The van der Waals surface area contributed by atoms with Gasteiger partial charge in [0.25, 0.3) is 0 Å². The van der Waals surface area contributed by atoms with E-state index in [1.165, 1.54) is 25.0 Å². The fraction of sp³-hybridized carbons (Fsp3) is 0.611. The van der Waals surface area contributed by atoms with E-state index in [1.54, 1.807) is 12.1 Å². The lowest BCUT2D eigenvalue weighted by Gasteiger charge is -2.32. The second-order valence-electron chi connectivity index (χ2n) is 6.87. The summed E-state index contributed by atoms with van der Waals surface area (Å²) in [6.07, 6.45) is 4.31. The largest absolute Gasteiger partial charge is 0.338 e. The van der Waals surface area contributed by atoms with Gasteiger partial charge in [-0.05, 0) is 62.8 Å². The molecule has 0 spiro atoms. The van der Waals surface area contributed by atoms with Crippen LogP contribution in [0.3, 0.4) is 0 Å². The molecular formula is C18H26ClFN2O. The Hall–Kier alpha value is -1.13. The molecule has 1 aromatic carbocycles. The summed E-state index contributed by atoms with van der Waals surface area (Å²) in [5.74, 6) is 0.861.